The van der Waals surface area contributed by atoms with Crippen LogP contribution in [0.4, 0.5) is 0 Å². The number of hydrogen-bond acceptors (Lipinski definition) is 3. The van der Waals surface area contributed by atoms with Crippen LogP contribution in [0, 0.1) is 5.41 Å². The molecule has 0 unspecified atom stereocenters. The van der Waals surface area contributed by atoms with Crippen LogP contribution >= 0.6 is 0 Å². The lowest BCUT2D eigenvalue weighted by molar-refractivity contribution is -0.132. The molecule has 0 aromatic heterocycles. The van der Waals surface area contributed by atoms with Gasteiger partial charge in [0, 0.05) is 19.5 Å². The topological polar surface area (TPSA) is 75.4 Å². The van der Waals surface area contributed by atoms with Crippen molar-refractivity contribution < 1.29 is 9.59 Å². The fraction of sp³-hybridized carbons (Fsp3) is 0.857. The molecule has 0 saturated carbocycles. The average Bonchev–Trinajstić information content (AvgIpc) is 2.35. The van der Waals surface area contributed by atoms with Gasteiger partial charge in [-0.2, -0.15) is 0 Å². The van der Waals surface area contributed by atoms with E-state index in [0.29, 0.717) is 26.1 Å². The van der Waals surface area contributed by atoms with E-state index in [9.17, 15) is 9.59 Å². The average molecular weight is 271 g/mol. The molecule has 5 heteroatoms. The van der Waals surface area contributed by atoms with Gasteiger partial charge in [0.25, 0.3) is 0 Å². The second kappa shape index (κ2) is 8.91. The number of amides is 2. The minimum atomic E-state index is -0.0643. The molecule has 19 heavy (non-hydrogen) atoms. The Morgan fingerprint density at radius 1 is 1.16 bits per heavy atom. The maximum atomic E-state index is 11.7. The van der Waals surface area contributed by atoms with Gasteiger partial charge >= 0.3 is 0 Å². The van der Waals surface area contributed by atoms with Gasteiger partial charge in [-0.1, -0.05) is 13.8 Å². The molecular weight excluding hydrogens is 242 g/mol. The van der Waals surface area contributed by atoms with Crippen LogP contribution in [-0.4, -0.2) is 42.9 Å². The highest BCUT2D eigenvalue weighted by Crippen LogP contribution is 2.25. The van der Waals surface area contributed by atoms with Crippen LogP contribution in [0.5, 0.6) is 0 Å². The maximum absolute atomic E-state index is 11.7. The number of hydrogen-bond donors (Lipinski definition) is 2. The summed E-state index contributed by atoms with van der Waals surface area (Å²) in [6, 6.07) is 0. The molecule has 112 valence electrons. The standard InChI is InChI=1S/C14H29N3O2/c1-5-17(6-2)13(19)11-16-12(18)7-8-14(3,4)9-10-15/h5-11,15H2,1-4H3,(H,16,18). The second-order valence-electron chi connectivity index (χ2n) is 5.55. The zero-order valence-electron chi connectivity index (χ0n) is 12.8. The molecule has 0 rings (SSSR count). The van der Waals surface area contributed by atoms with Gasteiger partial charge in [-0.05, 0) is 38.6 Å². The highest BCUT2D eigenvalue weighted by Gasteiger charge is 2.18. The van der Waals surface area contributed by atoms with E-state index in [4.69, 9.17) is 5.73 Å². The molecule has 0 aliphatic carbocycles. The summed E-state index contributed by atoms with van der Waals surface area (Å²) in [5.74, 6) is -0.0924. The largest absolute Gasteiger partial charge is 0.347 e. The number of carbonyl (C=O) groups is 2. The van der Waals surface area contributed by atoms with Crippen LogP contribution in [0.3, 0.4) is 0 Å². The highest BCUT2D eigenvalue weighted by atomic mass is 16.2. The molecule has 2 amide bonds. The summed E-state index contributed by atoms with van der Waals surface area (Å²) in [5, 5.41) is 2.68. The summed E-state index contributed by atoms with van der Waals surface area (Å²) in [5.41, 5.74) is 5.61. The Hall–Kier alpha value is -1.10. The number of nitrogens with zero attached hydrogens (tertiary/aromatic N) is 1. The third-order valence-electron chi connectivity index (χ3n) is 3.40. The van der Waals surface area contributed by atoms with Gasteiger partial charge in [-0.3, -0.25) is 9.59 Å². The Kier molecular flexibility index (Phi) is 8.39. The van der Waals surface area contributed by atoms with Gasteiger partial charge in [0.2, 0.25) is 11.8 Å². The van der Waals surface area contributed by atoms with Crippen molar-refractivity contribution in [3.8, 4) is 0 Å². The molecule has 0 heterocycles. The first-order valence-electron chi connectivity index (χ1n) is 7.10. The van der Waals surface area contributed by atoms with E-state index in [2.05, 4.69) is 19.2 Å². The molecule has 0 aromatic carbocycles. The van der Waals surface area contributed by atoms with Crippen molar-refractivity contribution in [1.82, 2.24) is 10.2 Å². The van der Waals surface area contributed by atoms with Crippen molar-refractivity contribution in [1.29, 1.82) is 0 Å². The molecule has 0 aliphatic heterocycles. The lowest BCUT2D eigenvalue weighted by Crippen LogP contribution is -2.40. The third kappa shape index (κ3) is 7.82. The second-order valence-corrected chi connectivity index (χ2v) is 5.55. The van der Waals surface area contributed by atoms with Gasteiger partial charge < -0.3 is 16.0 Å². The smallest absolute Gasteiger partial charge is 0.241 e. The maximum Gasteiger partial charge on any atom is 0.241 e. The molecular formula is C14H29N3O2. The van der Waals surface area contributed by atoms with E-state index in [0.717, 1.165) is 12.8 Å². The SMILES string of the molecule is CCN(CC)C(=O)CNC(=O)CCC(C)(C)CCN. The van der Waals surface area contributed by atoms with Crippen molar-refractivity contribution >= 4 is 11.8 Å². The number of nitrogens with one attached hydrogen (secondary N) is 1. The van der Waals surface area contributed by atoms with Crippen molar-refractivity contribution in [3.63, 3.8) is 0 Å². The van der Waals surface area contributed by atoms with Crippen LogP contribution in [0.1, 0.15) is 47.0 Å². The van der Waals surface area contributed by atoms with Crippen molar-refractivity contribution in [3.05, 3.63) is 0 Å². The molecule has 0 bridgehead atoms. The minimum absolute atomic E-state index is 0.0282. The Bertz CT molecular complexity index is 286. The summed E-state index contributed by atoms with van der Waals surface area (Å²) in [4.78, 5) is 25.1. The fourth-order valence-electron chi connectivity index (χ4n) is 1.92. The molecule has 0 atom stereocenters. The molecule has 3 N–H and O–H groups in total. The summed E-state index contributed by atoms with van der Waals surface area (Å²) < 4.78 is 0. The van der Waals surface area contributed by atoms with E-state index < -0.39 is 0 Å². The lowest BCUT2D eigenvalue weighted by Gasteiger charge is -2.23. The number of carbonyl (C=O) groups excluding carboxylic acids is 2. The summed E-state index contributed by atoms with van der Waals surface area (Å²) >= 11 is 0. The number of likely N-dealkylation sites (N-methyl/N-ethyl adjacent to an activating group) is 1. The van der Waals surface area contributed by atoms with E-state index in [1.807, 2.05) is 13.8 Å². The van der Waals surface area contributed by atoms with E-state index in [1.54, 1.807) is 4.90 Å². The highest BCUT2D eigenvalue weighted by molar-refractivity contribution is 5.84. The number of nitrogens with two attached hydrogens (primary N) is 1. The molecule has 5 nitrogen and oxygen atoms in total. The third-order valence-corrected chi connectivity index (χ3v) is 3.40. The van der Waals surface area contributed by atoms with Gasteiger partial charge in [0.15, 0.2) is 0 Å². The molecule has 0 spiro atoms. The first-order chi connectivity index (χ1) is 8.86. The summed E-state index contributed by atoms with van der Waals surface area (Å²) in [6.45, 7) is 10.1. The van der Waals surface area contributed by atoms with Crippen LogP contribution in [0.15, 0.2) is 0 Å². The first kappa shape index (κ1) is 17.9. The van der Waals surface area contributed by atoms with Crippen molar-refractivity contribution in [2.24, 2.45) is 11.1 Å². The predicted molar refractivity (Wildman–Crippen MR) is 77.6 cm³/mol. The van der Waals surface area contributed by atoms with Crippen LogP contribution in [0.25, 0.3) is 0 Å². The Labute approximate surface area is 116 Å². The van der Waals surface area contributed by atoms with E-state index in [1.165, 1.54) is 0 Å². The van der Waals surface area contributed by atoms with Gasteiger partial charge in [0.05, 0.1) is 6.54 Å². The molecule has 0 aromatic rings. The van der Waals surface area contributed by atoms with Crippen molar-refractivity contribution in [2.75, 3.05) is 26.2 Å². The Balaban J connectivity index is 3.97. The quantitative estimate of drug-likeness (QED) is 0.660. The van der Waals surface area contributed by atoms with Gasteiger partial charge in [0.1, 0.15) is 0 Å². The molecule has 0 fully saturated rings. The number of rotatable bonds is 9. The van der Waals surface area contributed by atoms with Crippen molar-refractivity contribution in [2.45, 2.75) is 47.0 Å². The van der Waals surface area contributed by atoms with E-state index in [-0.39, 0.29) is 23.8 Å². The molecule has 0 saturated heterocycles. The zero-order chi connectivity index (χ0) is 14.9. The minimum Gasteiger partial charge on any atom is -0.347 e. The molecule has 0 radical (unpaired) electrons. The van der Waals surface area contributed by atoms with Crippen LogP contribution < -0.4 is 11.1 Å². The first-order valence-corrected chi connectivity index (χ1v) is 7.10. The summed E-state index contributed by atoms with van der Waals surface area (Å²) in [6.07, 6.45) is 2.13. The normalized spacial score (nSPS) is 11.2. The zero-order valence-corrected chi connectivity index (χ0v) is 12.8. The Morgan fingerprint density at radius 2 is 1.74 bits per heavy atom. The van der Waals surface area contributed by atoms with E-state index >= 15 is 0 Å². The summed E-state index contributed by atoms with van der Waals surface area (Å²) in [7, 11) is 0. The Morgan fingerprint density at radius 3 is 2.21 bits per heavy atom. The van der Waals surface area contributed by atoms with Gasteiger partial charge in [-0.25, -0.2) is 0 Å². The van der Waals surface area contributed by atoms with Gasteiger partial charge in [-0.15, -0.1) is 0 Å². The predicted octanol–water partition coefficient (Wildman–Crippen LogP) is 1.13. The van der Waals surface area contributed by atoms with Crippen LogP contribution in [-0.2, 0) is 9.59 Å². The van der Waals surface area contributed by atoms with Crippen LogP contribution in [0.2, 0.25) is 0 Å². The molecule has 0 aliphatic rings. The monoisotopic (exact) mass is 271 g/mol. The lowest BCUT2D eigenvalue weighted by atomic mass is 9.84. The fourth-order valence-corrected chi connectivity index (χ4v) is 1.92.